The van der Waals surface area contributed by atoms with Crippen LogP contribution in [-0.4, -0.2) is 13.2 Å². The van der Waals surface area contributed by atoms with Crippen LogP contribution in [0, 0.1) is 5.82 Å². The number of hydrogen-bond donors (Lipinski definition) is 1. The van der Waals surface area contributed by atoms with E-state index in [1.165, 1.54) is 6.07 Å². The normalized spacial score (nSPS) is 10.5. The van der Waals surface area contributed by atoms with Crippen molar-refractivity contribution in [1.29, 1.82) is 0 Å². The Morgan fingerprint density at radius 3 is 2.83 bits per heavy atom. The van der Waals surface area contributed by atoms with Gasteiger partial charge in [-0.25, -0.2) is 4.39 Å². The molecule has 0 spiro atoms. The van der Waals surface area contributed by atoms with Crippen molar-refractivity contribution in [3.8, 4) is 5.75 Å². The van der Waals surface area contributed by atoms with Crippen molar-refractivity contribution >= 4 is 0 Å². The highest BCUT2D eigenvalue weighted by Gasteiger charge is 2.00. The van der Waals surface area contributed by atoms with Gasteiger partial charge in [0.2, 0.25) is 0 Å². The van der Waals surface area contributed by atoms with Crippen LogP contribution >= 0.6 is 0 Å². The molecule has 0 saturated heterocycles. The van der Waals surface area contributed by atoms with Crippen molar-refractivity contribution in [3.63, 3.8) is 0 Å². The van der Waals surface area contributed by atoms with Gasteiger partial charge in [-0.15, -0.1) is 0 Å². The van der Waals surface area contributed by atoms with Gasteiger partial charge in [-0.2, -0.15) is 0 Å². The van der Waals surface area contributed by atoms with Gasteiger partial charge in [0.15, 0.2) is 11.6 Å². The van der Waals surface area contributed by atoms with Crippen molar-refractivity contribution < 1.29 is 13.5 Å². The van der Waals surface area contributed by atoms with Gasteiger partial charge in [0.25, 0.3) is 0 Å². The fourth-order valence-corrected chi connectivity index (χ4v) is 1.57. The van der Waals surface area contributed by atoms with Crippen LogP contribution in [0.2, 0.25) is 0 Å². The molecule has 2 rings (SSSR count). The zero-order valence-electron chi connectivity index (χ0n) is 10.1. The van der Waals surface area contributed by atoms with Gasteiger partial charge in [0, 0.05) is 0 Å². The number of hydrogen-bond acceptors (Lipinski definition) is 3. The van der Waals surface area contributed by atoms with Gasteiger partial charge >= 0.3 is 0 Å². The summed E-state index contributed by atoms with van der Waals surface area (Å²) in [4.78, 5) is 0. The number of halogens is 1. The van der Waals surface area contributed by atoms with E-state index in [9.17, 15) is 4.39 Å². The lowest BCUT2D eigenvalue weighted by Crippen LogP contribution is -2.16. The fourth-order valence-electron chi connectivity index (χ4n) is 1.57. The SMILES string of the molecule is Fc1ccccc1OCCCNCc1ccco1. The largest absolute Gasteiger partial charge is 0.490 e. The molecular weight excluding hydrogens is 233 g/mol. The molecule has 1 N–H and O–H groups in total. The zero-order chi connectivity index (χ0) is 12.6. The maximum absolute atomic E-state index is 13.2. The summed E-state index contributed by atoms with van der Waals surface area (Å²) in [6.45, 7) is 1.99. The predicted molar refractivity (Wildman–Crippen MR) is 66.9 cm³/mol. The third-order valence-corrected chi connectivity index (χ3v) is 2.47. The minimum absolute atomic E-state index is 0.309. The molecule has 0 atom stereocenters. The van der Waals surface area contributed by atoms with Gasteiger partial charge in [0.1, 0.15) is 5.76 Å². The molecule has 0 aliphatic carbocycles. The second-order valence-electron chi connectivity index (χ2n) is 3.89. The lowest BCUT2D eigenvalue weighted by molar-refractivity contribution is 0.292. The molecule has 1 heterocycles. The molecule has 2 aromatic rings. The molecule has 0 bridgehead atoms. The van der Waals surface area contributed by atoms with E-state index in [1.54, 1.807) is 24.5 Å². The Bertz CT molecular complexity index is 457. The smallest absolute Gasteiger partial charge is 0.165 e. The minimum Gasteiger partial charge on any atom is -0.490 e. The van der Waals surface area contributed by atoms with Crippen LogP contribution in [0.4, 0.5) is 4.39 Å². The van der Waals surface area contributed by atoms with Crippen molar-refractivity contribution in [2.24, 2.45) is 0 Å². The molecule has 0 aliphatic heterocycles. The highest BCUT2D eigenvalue weighted by molar-refractivity contribution is 5.23. The predicted octanol–water partition coefficient (Wildman–Crippen LogP) is 2.98. The summed E-state index contributed by atoms with van der Waals surface area (Å²) >= 11 is 0. The maximum Gasteiger partial charge on any atom is 0.165 e. The first-order valence-corrected chi connectivity index (χ1v) is 5.96. The molecular formula is C14H16FNO2. The number of rotatable bonds is 7. The van der Waals surface area contributed by atoms with Crippen molar-refractivity contribution in [2.75, 3.05) is 13.2 Å². The summed E-state index contributed by atoms with van der Waals surface area (Å²) in [6.07, 6.45) is 2.47. The Morgan fingerprint density at radius 2 is 2.06 bits per heavy atom. The summed E-state index contributed by atoms with van der Waals surface area (Å²) < 4.78 is 23.7. The van der Waals surface area contributed by atoms with E-state index >= 15 is 0 Å². The van der Waals surface area contributed by atoms with E-state index in [1.807, 2.05) is 12.1 Å². The average Bonchev–Trinajstić information content (AvgIpc) is 2.89. The van der Waals surface area contributed by atoms with Crippen molar-refractivity contribution in [3.05, 3.63) is 54.2 Å². The van der Waals surface area contributed by atoms with Gasteiger partial charge in [-0.3, -0.25) is 0 Å². The molecule has 0 saturated carbocycles. The van der Waals surface area contributed by atoms with Crippen LogP contribution in [0.3, 0.4) is 0 Å². The topological polar surface area (TPSA) is 34.4 Å². The Kier molecular flexibility index (Phi) is 4.78. The fraction of sp³-hybridized carbons (Fsp3) is 0.286. The molecule has 0 radical (unpaired) electrons. The molecule has 0 unspecified atom stereocenters. The first-order valence-electron chi connectivity index (χ1n) is 5.96. The molecule has 18 heavy (non-hydrogen) atoms. The number of ether oxygens (including phenoxy) is 1. The van der Waals surface area contributed by atoms with E-state index in [-0.39, 0.29) is 5.82 Å². The standard InChI is InChI=1S/C14H16FNO2/c15-13-6-1-2-7-14(13)18-10-4-8-16-11-12-5-3-9-17-12/h1-3,5-7,9,16H,4,8,10-11H2. The van der Waals surface area contributed by atoms with Crippen molar-refractivity contribution in [1.82, 2.24) is 5.32 Å². The summed E-state index contributed by atoms with van der Waals surface area (Å²) in [6, 6.07) is 10.2. The quantitative estimate of drug-likeness (QED) is 0.766. The molecule has 96 valence electrons. The third-order valence-electron chi connectivity index (χ3n) is 2.47. The highest BCUT2D eigenvalue weighted by atomic mass is 19.1. The lowest BCUT2D eigenvalue weighted by Gasteiger charge is -2.07. The zero-order valence-corrected chi connectivity index (χ0v) is 10.1. The van der Waals surface area contributed by atoms with E-state index < -0.39 is 0 Å². The van der Waals surface area contributed by atoms with Gasteiger partial charge in [-0.05, 0) is 37.2 Å². The Labute approximate surface area is 106 Å². The Balaban J connectivity index is 1.58. The molecule has 4 heteroatoms. The molecule has 1 aromatic heterocycles. The summed E-state index contributed by atoms with van der Waals surface area (Å²) in [7, 11) is 0. The molecule has 3 nitrogen and oxygen atoms in total. The number of nitrogens with one attached hydrogen (secondary N) is 1. The third kappa shape index (κ3) is 3.89. The average molecular weight is 249 g/mol. The van der Waals surface area contributed by atoms with Gasteiger partial charge in [0.05, 0.1) is 19.4 Å². The van der Waals surface area contributed by atoms with Crippen LogP contribution in [0.5, 0.6) is 5.75 Å². The van der Waals surface area contributed by atoms with E-state index in [0.29, 0.717) is 18.9 Å². The lowest BCUT2D eigenvalue weighted by atomic mass is 10.3. The van der Waals surface area contributed by atoms with Crippen LogP contribution in [0.15, 0.2) is 47.1 Å². The first-order chi connectivity index (χ1) is 8.86. The van der Waals surface area contributed by atoms with E-state index in [4.69, 9.17) is 9.15 Å². The van der Waals surface area contributed by atoms with Crippen LogP contribution in [0.25, 0.3) is 0 Å². The minimum atomic E-state index is -0.318. The van der Waals surface area contributed by atoms with E-state index in [2.05, 4.69) is 5.32 Å². The number of furan rings is 1. The maximum atomic E-state index is 13.2. The van der Waals surface area contributed by atoms with Crippen LogP contribution < -0.4 is 10.1 Å². The number of para-hydroxylation sites is 1. The first kappa shape index (κ1) is 12.6. The summed E-state index contributed by atoms with van der Waals surface area (Å²) in [5.41, 5.74) is 0. The van der Waals surface area contributed by atoms with Gasteiger partial charge < -0.3 is 14.5 Å². The molecule has 0 fully saturated rings. The van der Waals surface area contributed by atoms with Crippen LogP contribution in [-0.2, 0) is 6.54 Å². The second-order valence-corrected chi connectivity index (χ2v) is 3.89. The number of benzene rings is 1. The monoisotopic (exact) mass is 249 g/mol. The van der Waals surface area contributed by atoms with Crippen LogP contribution in [0.1, 0.15) is 12.2 Å². The molecule has 0 aliphatic rings. The summed E-state index contributed by atoms with van der Waals surface area (Å²) in [5.74, 6) is 0.898. The molecule has 1 aromatic carbocycles. The second kappa shape index (κ2) is 6.81. The summed E-state index contributed by atoms with van der Waals surface area (Å²) in [5, 5.41) is 3.22. The Morgan fingerprint density at radius 1 is 1.17 bits per heavy atom. The Hall–Kier alpha value is -1.81. The molecule has 0 amide bonds. The van der Waals surface area contributed by atoms with Gasteiger partial charge in [-0.1, -0.05) is 12.1 Å². The van der Waals surface area contributed by atoms with E-state index in [0.717, 1.165) is 18.7 Å². The highest BCUT2D eigenvalue weighted by Crippen LogP contribution is 2.15. The van der Waals surface area contributed by atoms with Crippen molar-refractivity contribution in [2.45, 2.75) is 13.0 Å².